The van der Waals surface area contributed by atoms with Crippen LogP contribution in [0.3, 0.4) is 0 Å². The van der Waals surface area contributed by atoms with E-state index in [2.05, 4.69) is 5.32 Å². The molecule has 0 unspecified atom stereocenters. The number of sulfonamides is 1. The van der Waals surface area contributed by atoms with E-state index >= 15 is 0 Å². The van der Waals surface area contributed by atoms with Gasteiger partial charge in [-0.1, -0.05) is 24.3 Å². The van der Waals surface area contributed by atoms with E-state index in [0.717, 1.165) is 5.56 Å². The lowest BCUT2D eigenvalue weighted by atomic mass is 10.1. The third-order valence-electron chi connectivity index (χ3n) is 5.17. The van der Waals surface area contributed by atoms with Gasteiger partial charge in [-0.2, -0.15) is 4.31 Å². The Morgan fingerprint density at radius 3 is 2.44 bits per heavy atom. The number of rotatable bonds is 6. The van der Waals surface area contributed by atoms with Gasteiger partial charge in [0, 0.05) is 36.6 Å². The Kier molecular flexibility index (Phi) is 6.50. The number of hydrogen-bond acceptors (Lipinski definition) is 5. The first-order valence-electron chi connectivity index (χ1n) is 10.2. The second kappa shape index (κ2) is 9.47. The lowest BCUT2D eigenvalue weighted by Gasteiger charge is -2.26. The molecule has 0 saturated carbocycles. The smallest absolute Gasteiger partial charge is 0.255 e. The normalized spacial score (nSPS) is 14.8. The highest BCUT2D eigenvalue weighted by atomic mass is 32.2. The summed E-state index contributed by atoms with van der Waals surface area (Å²) >= 11 is 0. The van der Waals surface area contributed by atoms with E-state index < -0.39 is 15.9 Å². The van der Waals surface area contributed by atoms with Crippen molar-refractivity contribution in [2.45, 2.75) is 11.4 Å². The lowest BCUT2D eigenvalue weighted by Crippen LogP contribution is -2.40. The van der Waals surface area contributed by atoms with Crippen molar-refractivity contribution in [3.63, 3.8) is 0 Å². The quantitative estimate of drug-likeness (QED) is 0.617. The van der Waals surface area contributed by atoms with Crippen LogP contribution in [0.1, 0.15) is 15.9 Å². The van der Waals surface area contributed by atoms with Crippen LogP contribution >= 0.6 is 0 Å². The number of anilines is 1. The molecule has 1 saturated heterocycles. The van der Waals surface area contributed by atoms with E-state index in [9.17, 15) is 18.0 Å². The van der Waals surface area contributed by atoms with Gasteiger partial charge in [0.05, 0.1) is 24.7 Å². The van der Waals surface area contributed by atoms with Crippen LogP contribution in [0.25, 0.3) is 0 Å². The van der Waals surface area contributed by atoms with Gasteiger partial charge in [0.25, 0.3) is 11.5 Å². The highest BCUT2D eigenvalue weighted by Gasteiger charge is 2.26. The van der Waals surface area contributed by atoms with Crippen LogP contribution in [0.15, 0.2) is 82.6 Å². The predicted octanol–water partition coefficient (Wildman–Crippen LogP) is 2.17. The molecule has 0 bridgehead atoms. The first-order valence-corrected chi connectivity index (χ1v) is 11.6. The van der Waals surface area contributed by atoms with E-state index in [1.54, 1.807) is 47.2 Å². The zero-order valence-corrected chi connectivity index (χ0v) is 18.1. The Bertz CT molecular complexity index is 1260. The van der Waals surface area contributed by atoms with Gasteiger partial charge in [-0.15, -0.1) is 0 Å². The largest absolute Gasteiger partial charge is 0.379 e. The Morgan fingerprint density at radius 2 is 1.72 bits per heavy atom. The number of nitrogens with one attached hydrogen (secondary N) is 1. The summed E-state index contributed by atoms with van der Waals surface area (Å²) in [6, 6.07) is 18.1. The van der Waals surface area contributed by atoms with Crippen molar-refractivity contribution in [1.29, 1.82) is 0 Å². The number of pyridine rings is 1. The highest BCUT2D eigenvalue weighted by molar-refractivity contribution is 7.89. The van der Waals surface area contributed by atoms with E-state index in [-0.39, 0.29) is 16.0 Å². The Balaban J connectivity index is 1.45. The number of ether oxygens (including phenoxy) is 1. The average molecular weight is 454 g/mol. The van der Waals surface area contributed by atoms with Gasteiger partial charge >= 0.3 is 0 Å². The number of benzene rings is 2. The zero-order chi connectivity index (χ0) is 22.6. The molecule has 9 heteroatoms. The molecule has 0 spiro atoms. The van der Waals surface area contributed by atoms with Crippen LogP contribution in [-0.4, -0.2) is 49.5 Å². The molecule has 1 aromatic heterocycles. The van der Waals surface area contributed by atoms with Crippen LogP contribution in [-0.2, 0) is 21.3 Å². The zero-order valence-electron chi connectivity index (χ0n) is 17.3. The molecule has 166 valence electrons. The first kappa shape index (κ1) is 21.9. The molecule has 32 heavy (non-hydrogen) atoms. The fourth-order valence-electron chi connectivity index (χ4n) is 3.42. The number of nitrogens with zero attached hydrogens (tertiary/aromatic N) is 2. The summed E-state index contributed by atoms with van der Waals surface area (Å²) in [6.45, 7) is 1.72. The predicted molar refractivity (Wildman–Crippen MR) is 120 cm³/mol. The van der Waals surface area contributed by atoms with Crippen molar-refractivity contribution in [3.05, 3.63) is 94.4 Å². The van der Waals surface area contributed by atoms with E-state index in [4.69, 9.17) is 4.74 Å². The second-order valence-electron chi connectivity index (χ2n) is 7.36. The molecular weight excluding hydrogens is 430 g/mol. The minimum atomic E-state index is -3.68. The average Bonchev–Trinajstić information content (AvgIpc) is 2.82. The van der Waals surface area contributed by atoms with Crippen LogP contribution < -0.4 is 10.9 Å². The number of morpholine rings is 1. The summed E-state index contributed by atoms with van der Waals surface area (Å²) in [6.07, 6.45) is 1.72. The monoisotopic (exact) mass is 453 g/mol. The molecule has 2 aromatic carbocycles. The Hall–Kier alpha value is -3.27. The molecule has 1 N–H and O–H groups in total. The molecule has 0 aliphatic carbocycles. The van der Waals surface area contributed by atoms with Crippen LogP contribution in [0, 0.1) is 0 Å². The summed E-state index contributed by atoms with van der Waals surface area (Å²) in [5, 5.41) is 2.78. The summed E-state index contributed by atoms with van der Waals surface area (Å²) < 4.78 is 33.9. The third kappa shape index (κ3) is 4.96. The molecule has 0 radical (unpaired) electrons. The minimum Gasteiger partial charge on any atom is -0.379 e. The van der Waals surface area contributed by atoms with Gasteiger partial charge < -0.3 is 14.6 Å². The highest BCUT2D eigenvalue weighted by Crippen LogP contribution is 2.19. The van der Waals surface area contributed by atoms with Gasteiger partial charge in [0.15, 0.2) is 0 Å². The molecule has 3 aromatic rings. The number of amides is 1. The first-order chi connectivity index (χ1) is 15.4. The SMILES string of the molecule is O=C(Nc1ccc(Cn2ccccc2=O)cc1)c1cccc(S(=O)(=O)N2CCOCC2)c1. The maximum Gasteiger partial charge on any atom is 0.255 e. The number of carbonyl (C=O) groups excluding carboxylic acids is 1. The molecule has 0 atom stereocenters. The topological polar surface area (TPSA) is 97.7 Å². The summed E-state index contributed by atoms with van der Waals surface area (Å²) in [7, 11) is -3.68. The maximum absolute atomic E-state index is 12.8. The standard InChI is InChI=1S/C23H23N3O5S/c27-22-6-1-2-11-25(22)17-18-7-9-20(10-8-18)24-23(28)19-4-3-5-21(16-19)32(29,30)26-12-14-31-15-13-26/h1-11,16H,12-15,17H2,(H,24,28). The lowest BCUT2D eigenvalue weighted by molar-refractivity contribution is 0.0730. The van der Waals surface area contributed by atoms with Crippen molar-refractivity contribution in [1.82, 2.24) is 8.87 Å². The van der Waals surface area contributed by atoms with E-state index in [1.807, 2.05) is 12.1 Å². The fraction of sp³-hybridized carbons (Fsp3) is 0.217. The summed E-state index contributed by atoms with van der Waals surface area (Å²) in [5.41, 5.74) is 1.64. The van der Waals surface area contributed by atoms with Gasteiger partial charge in [-0.25, -0.2) is 8.42 Å². The van der Waals surface area contributed by atoms with Crippen LogP contribution in [0.2, 0.25) is 0 Å². The Morgan fingerprint density at radius 1 is 0.969 bits per heavy atom. The molecule has 1 aliphatic rings. The van der Waals surface area contributed by atoms with Gasteiger partial charge in [0.1, 0.15) is 0 Å². The van der Waals surface area contributed by atoms with Crippen LogP contribution in [0.5, 0.6) is 0 Å². The van der Waals surface area contributed by atoms with Crippen molar-refractivity contribution < 1.29 is 17.9 Å². The number of hydrogen-bond donors (Lipinski definition) is 1. The molecule has 8 nitrogen and oxygen atoms in total. The third-order valence-corrected chi connectivity index (χ3v) is 7.06. The van der Waals surface area contributed by atoms with Gasteiger partial charge in [-0.05, 0) is 42.0 Å². The summed E-state index contributed by atoms with van der Waals surface area (Å²) in [5.74, 6) is -0.406. The van der Waals surface area contributed by atoms with Crippen molar-refractivity contribution in [3.8, 4) is 0 Å². The fourth-order valence-corrected chi connectivity index (χ4v) is 4.87. The molecule has 1 amide bonds. The van der Waals surface area contributed by atoms with Crippen molar-refractivity contribution in [2.75, 3.05) is 31.6 Å². The molecule has 4 rings (SSSR count). The van der Waals surface area contributed by atoms with Gasteiger partial charge in [-0.3, -0.25) is 9.59 Å². The number of carbonyl (C=O) groups is 1. The van der Waals surface area contributed by atoms with E-state index in [0.29, 0.717) is 38.5 Å². The van der Waals surface area contributed by atoms with Crippen LogP contribution in [0.4, 0.5) is 5.69 Å². The Labute approximate surface area is 186 Å². The van der Waals surface area contributed by atoms with Crippen molar-refractivity contribution in [2.24, 2.45) is 0 Å². The van der Waals surface area contributed by atoms with Crippen molar-refractivity contribution >= 4 is 21.6 Å². The molecular formula is C23H23N3O5S. The molecule has 1 aliphatic heterocycles. The molecule has 2 heterocycles. The second-order valence-corrected chi connectivity index (χ2v) is 9.30. The molecule has 1 fully saturated rings. The minimum absolute atomic E-state index is 0.0794. The van der Waals surface area contributed by atoms with E-state index in [1.165, 1.54) is 22.5 Å². The number of aromatic nitrogens is 1. The van der Waals surface area contributed by atoms with Gasteiger partial charge in [0.2, 0.25) is 10.0 Å². The summed E-state index contributed by atoms with van der Waals surface area (Å²) in [4.78, 5) is 24.6. The maximum atomic E-state index is 12.8.